The second-order valence-electron chi connectivity index (χ2n) is 7.33. The van der Waals surface area contributed by atoms with Crippen LogP contribution in [0, 0.1) is 11.7 Å². The van der Waals surface area contributed by atoms with Gasteiger partial charge in [-0.05, 0) is 56.0 Å². The first-order valence-electron chi connectivity index (χ1n) is 9.80. The second-order valence-corrected chi connectivity index (χ2v) is 7.33. The second kappa shape index (κ2) is 13.3. The molecule has 1 aliphatic rings. The summed E-state index contributed by atoms with van der Waals surface area (Å²) in [6.45, 7) is 1.57. The highest BCUT2D eigenvalue weighted by atomic mass is 127. The molecule has 0 spiro atoms. The molecular weight excluding hydrogens is 515 g/mol. The maximum absolute atomic E-state index is 13.7. The molecule has 0 atom stereocenters. The summed E-state index contributed by atoms with van der Waals surface area (Å²) < 4.78 is 56.0. The maximum atomic E-state index is 13.7. The fourth-order valence-electron chi connectivity index (χ4n) is 3.49. The van der Waals surface area contributed by atoms with E-state index < -0.39 is 12.7 Å². The molecule has 1 heterocycles. The van der Waals surface area contributed by atoms with Crippen LogP contribution < -0.4 is 10.6 Å². The molecule has 2 N–H and O–H groups in total. The van der Waals surface area contributed by atoms with E-state index >= 15 is 0 Å². The molecule has 0 aliphatic carbocycles. The van der Waals surface area contributed by atoms with E-state index in [9.17, 15) is 17.6 Å². The van der Waals surface area contributed by atoms with Gasteiger partial charge in [-0.2, -0.15) is 13.2 Å². The number of rotatable bonds is 8. The monoisotopic (exact) mass is 546 g/mol. The van der Waals surface area contributed by atoms with Crippen molar-refractivity contribution >= 4 is 29.9 Å². The summed E-state index contributed by atoms with van der Waals surface area (Å²) in [4.78, 5) is 5.65. The predicted octanol–water partition coefficient (Wildman–Crippen LogP) is 3.92. The number of nitrogens with zero attached hydrogens (tertiary/aromatic N) is 2. The van der Waals surface area contributed by atoms with Crippen LogP contribution in [0.2, 0.25) is 0 Å². The number of aliphatic imine (C=N–C) groups is 1. The number of nitrogens with one attached hydrogen (secondary N) is 2. The Hall–Kier alpha value is -1.14. The number of piperidine rings is 1. The molecule has 1 aliphatic heterocycles. The van der Waals surface area contributed by atoms with E-state index in [0.29, 0.717) is 43.6 Å². The van der Waals surface area contributed by atoms with Gasteiger partial charge in [0.25, 0.3) is 0 Å². The number of halogens is 5. The van der Waals surface area contributed by atoms with Crippen molar-refractivity contribution in [1.82, 2.24) is 15.5 Å². The molecule has 1 aromatic carbocycles. The first-order valence-corrected chi connectivity index (χ1v) is 9.80. The molecule has 1 saturated heterocycles. The van der Waals surface area contributed by atoms with Gasteiger partial charge in [0.2, 0.25) is 0 Å². The highest BCUT2D eigenvalue weighted by Crippen LogP contribution is 2.24. The van der Waals surface area contributed by atoms with Crippen LogP contribution in [0.1, 0.15) is 30.4 Å². The number of hydrogen-bond donors (Lipinski definition) is 2. The Morgan fingerprint density at radius 1 is 1.23 bits per heavy atom. The van der Waals surface area contributed by atoms with Gasteiger partial charge in [0.05, 0.1) is 13.2 Å². The van der Waals surface area contributed by atoms with Crippen LogP contribution in [0.4, 0.5) is 17.6 Å². The number of methoxy groups -OCH3 is 1. The van der Waals surface area contributed by atoms with Crippen molar-refractivity contribution in [2.75, 3.05) is 40.3 Å². The van der Waals surface area contributed by atoms with Crippen molar-refractivity contribution < 1.29 is 22.3 Å². The average Bonchev–Trinajstić information content (AvgIpc) is 2.67. The van der Waals surface area contributed by atoms with Crippen molar-refractivity contribution in [2.45, 2.75) is 38.6 Å². The molecule has 0 saturated carbocycles. The van der Waals surface area contributed by atoms with Crippen molar-refractivity contribution in [3.05, 3.63) is 35.1 Å². The summed E-state index contributed by atoms with van der Waals surface area (Å²) in [5.41, 5.74) is 1.42. The molecular formula is C20H31F4IN4O. The number of alkyl halides is 3. The van der Waals surface area contributed by atoms with Crippen molar-refractivity contribution in [1.29, 1.82) is 0 Å². The summed E-state index contributed by atoms with van der Waals surface area (Å²) in [6.07, 6.45) is -1.68. The number of hydrogen-bond acceptors (Lipinski definition) is 3. The summed E-state index contributed by atoms with van der Waals surface area (Å²) in [6, 6.07) is 4.89. The number of ether oxygens (including phenoxy) is 1. The zero-order valence-corrected chi connectivity index (χ0v) is 19.7. The molecule has 1 aromatic rings. The molecule has 172 valence electrons. The van der Waals surface area contributed by atoms with Gasteiger partial charge in [0.15, 0.2) is 5.96 Å². The number of likely N-dealkylation sites (tertiary alicyclic amines) is 1. The minimum atomic E-state index is -4.12. The molecule has 10 heteroatoms. The van der Waals surface area contributed by atoms with Crippen molar-refractivity contribution in [3.63, 3.8) is 0 Å². The van der Waals surface area contributed by atoms with Crippen LogP contribution in [0.3, 0.4) is 0 Å². The zero-order chi connectivity index (χ0) is 21.3. The topological polar surface area (TPSA) is 48.9 Å². The Bertz CT molecular complexity index is 665. The van der Waals surface area contributed by atoms with Crippen molar-refractivity contribution in [3.8, 4) is 0 Å². The van der Waals surface area contributed by atoms with Crippen LogP contribution in [0.25, 0.3) is 0 Å². The fourth-order valence-corrected chi connectivity index (χ4v) is 3.49. The quantitative estimate of drug-likeness (QED) is 0.225. The van der Waals surface area contributed by atoms with E-state index in [4.69, 9.17) is 4.74 Å². The Morgan fingerprint density at radius 3 is 2.53 bits per heavy atom. The first-order chi connectivity index (χ1) is 13.8. The Labute approximate surface area is 192 Å². The van der Waals surface area contributed by atoms with Crippen LogP contribution in [0.5, 0.6) is 0 Å². The van der Waals surface area contributed by atoms with E-state index in [1.807, 2.05) is 0 Å². The van der Waals surface area contributed by atoms with E-state index in [0.717, 1.165) is 24.8 Å². The van der Waals surface area contributed by atoms with Crippen LogP contribution in [0.15, 0.2) is 23.2 Å². The maximum Gasteiger partial charge on any atom is 0.401 e. The highest BCUT2D eigenvalue weighted by Gasteiger charge is 2.32. The summed E-state index contributed by atoms with van der Waals surface area (Å²) in [5.74, 6) is 0.760. The lowest BCUT2D eigenvalue weighted by atomic mass is 9.93. The molecule has 0 radical (unpaired) electrons. The summed E-state index contributed by atoms with van der Waals surface area (Å²) >= 11 is 0. The third kappa shape index (κ3) is 9.78. The molecule has 5 nitrogen and oxygen atoms in total. The summed E-state index contributed by atoms with van der Waals surface area (Å²) in [7, 11) is 3.20. The molecule has 0 aromatic heterocycles. The molecule has 0 amide bonds. The zero-order valence-electron chi connectivity index (χ0n) is 17.4. The Kier molecular flexibility index (Phi) is 11.9. The number of guanidine groups is 1. The lowest BCUT2D eigenvalue weighted by molar-refractivity contribution is -0.148. The lowest BCUT2D eigenvalue weighted by Gasteiger charge is -2.32. The minimum absolute atomic E-state index is 0. The third-order valence-corrected chi connectivity index (χ3v) is 5.05. The molecule has 30 heavy (non-hydrogen) atoms. The Morgan fingerprint density at radius 2 is 1.93 bits per heavy atom. The standard InChI is InChI=1S/C20H30F4N4O.HI/c1-25-19(27-12-16-3-4-18(21)17(11-16)13-29-2)26-8-5-15-6-9-28(10-7-15)14-20(22,23)24;/h3-4,11,15H,5-10,12-14H2,1-2H3,(H2,25,26,27);1H. The number of benzene rings is 1. The van der Waals surface area contributed by atoms with E-state index in [-0.39, 0.29) is 36.4 Å². The van der Waals surface area contributed by atoms with E-state index in [2.05, 4.69) is 15.6 Å². The van der Waals surface area contributed by atoms with Gasteiger partial charge in [-0.15, -0.1) is 24.0 Å². The smallest absolute Gasteiger partial charge is 0.380 e. The Balaban J connectivity index is 0.00000450. The van der Waals surface area contributed by atoms with Crippen molar-refractivity contribution in [2.24, 2.45) is 10.9 Å². The normalized spacial score (nSPS) is 16.3. The van der Waals surface area contributed by atoms with Crippen LogP contribution >= 0.6 is 24.0 Å². The molecule has 0 bridgehead atoms. The van der Waals surface area contributed by atoms with Gasteiger partial charge in [0.1, 0.15) is 5.82 Å². The van der Waals surface area contributed by atoms with Gasteiger partial charge in [-0.25, -0.2) is 4.39 Å². The first kappa shape index (κ1) is 26.9. The predicted molar refractivity (Wildman–Crippen MR) is 121 cm³/mol. The molecule has 0 unspecified atom stereocenters. The fraction of sp³-hybridized carbons (Fsp3) is 0.650. The minimum Gasteiger partial charge on any atom is -0.380 e. The highest BCUT2D eigenvalue weighted by molar-refractivity contribution is 14.0. The third-order valence-electron chi connectivity index (χ3n) is 5.05. The molecule has 1 fully saturated rings. The van der Waals surface area contributed by atoms with Gasteiger partial charge in [-0.1, -0.05) is 6.07 Å². The average molecular weight is 546 g/mol. The lowest BCUT2D eigenvalue weighted by Crippen LogP contribution is -2.41. The van der Waals surface area contributed by atoms with Crippen LogP contribution in [-0.4, -0.2) is 57.4 Å². The van der Waals surface area contributed by atoms with Gasteiger partial charge < -0.3 is 15.4 Å². The molecule has 2 rings (SSSR count). The summed E-state index contributed by atoms with van der Waals surface area (Å²) in [5, 5.41) is 6.42. The van der Waals surface area contributed by atoms with Crippen LogP contribution in [-0.2, 0) is 17.9 Å². The van der Waals surface area contributed by atoms with Gasteiger partial charge in [-0.3, -0.25) is 9.89 Å². The van der Waals surface area contributed by atoms with Gasteiger partial charge >= 0.3 is 6.18 Å². The van der Waals surface area contributed by atoms with E-state index in [1.165, 1.54) is 18.1 Å². The van der Waals surface area contributed by atoms with Gasteiger partial charge in [0, 0.05) is 32.8 Å². The largest absolute Gasteiger partial charge is 0.401 e. The van der Waals surface area contributed by atoms with E-state index in [1.54, 1.807) is 19.2 Å². The SMILES string of the molecule is CN=C(NCCC1CCN(CC(F)(F)F)CC1)NCc1ccc(F)c(COC)c1.I.